The number of nitrogens with zero attached hydrogens (tertiary/aromatic N) is 5. The van der Waals surface area contributed by atoms with Crippen molar-refractivity contribution in [1.82, 2.24) is 15.0 Å². The maximum absolute atomic E-state index is 14.3. The molecule has 0 aliphatic heterocycles. The molecule has 0 radical (unpaired) electrons. The molecule has 71 heavy (non-hydrogen) atoms. The van der Waals surface area contributed by atoms with Crippen LogP contribution in [0.25, 0.3) is 33.3 Å². The third-order valence-corrected chi connectivity index (χ3v) is 16.5. The number of thioether (sulfide) groups is 3. The molecule has 0 aliphatic carbocycles. The summed E-state index contributed by atoms with van der Waals surface area (Å²) in [5.41, 5.74) is -0.661. The van der Waals surface area contributed by atoms with Crippen LogP contribution in [0, 0.1) is 17.8 Å². The summed E-state index contributed by atoms with van der Waals surface area (Å²) >= 11 is 2.18. The Labute approximate surface area is 418 Å². The Hall–Kier alpha value is -5.32. The minimum Gasteiger partial charge on any atom is -0.481 e. The van der Waals surface area contributed by atoms with E-state index in [-0.39, 0.29) is 32.4 Å². The van der Waals surface area contributed by atoms with Gasteiger partial charge in [0.25, 0.3) is 15.7 Å². The molecule has 0 aliphatic rings. The fraction of sp³-hybridized carbons (Fsp3) is 0.457. The minimum atomic E-state index is -2.46. The molecule has 10 N–H and O–H groups in total. The average molecular weight is 1050 g/mol. The van der Waals surface area contributed by atoms with Crippen LogP contribution in [-0.4, -0.2) is 200 Å². The summed E-state index contributed by atoms with van der Waals surface area (Å²) in [6, 6.07) is 19.7. The van der Waals surface area contributed by atoms with E-state index in [0.29, 0.717) is 40.1 Å². The average Bonchev–Trinajstić information content (AvgIpc) is 4.06. The molecule has 0 spiro atoms. The van der Waals surface area contributed by atoms with Crippen LogP contribution in [0.3, 0.4) is 0 Å². The van der Waals surface area contributed by atoms with Crippen LogP contribution in [0.4, 0.5) is 0 Å². The second-order valence-corrected chi connectivity index (χ2v) is 19.9. The predicted molar refractivity (Wildman–Crippen MR) is 257 cm³/mol. The Bertz CT molecular complexity index is 2570. The van der Waals surface area contributed by atoms with Gasteiger partial charge in [-0.1, -0.05) is 59.9 Å². The largest absolute Gasteiger partial charge is 0.481 e. The third kappa shape index (κ3) is 11.8. The van der Waals surface area contributed by atoms with Gasteiger partial charge in [0.05, 0.1) is 70.2 Å². The second-order valence-electron chi connectivity index (χ2n) is 16.7. The van der Waals surface area contributed by atoms with Crippen LogP contribution in [0.15, 0.2) is 102 Å². The molecule has 384 valence electrons. The molecular weight excluding hydrogens is 991 g/mol. The highest BCUT2D eigenvalue weighted by atomic mass is 32.2. The molecule has 3 heterocycles. The number of hydrogen-bond donors (Lipinski definition) is 10. The van der Waals surface area contributed by atoms with Crippen LogP contribution in [0.1, 0.15) is 12.8 Å². The number of aromatic nitrogens is 3. The zero-order valence-corrected chi connectivity index (χ0v) is 40.7. The SMILES string of the molecule is O=C(O)CC(C(=O)O)C(Sc1nc2ccccc2o1)C(CSc1nc2ccccc2o1)C(C(Sc1nc2ccccc2o1)C(CC(=O)O)C(=O)O)([N+](CCO)(CCO)CCO)[N+](CCO)(CCO)CCO. The van der Waals surface area contributed by atoms with Crippen LogP contribution in [0.5, 0.6) is 0 Å². The molecule has 0 amide bonds. The number of benzene rings is 3. The number of carbonyl (C=O) groups is 4. The van der Waals surface area contributed by atoms with Gasteiger partial charge in [-0.25, -0.2) is 15.0 Å². The lowest BCUT2D eigenvalue weighted by molar-refractivity contribution is -1.17. The molecule has 0 bridgehead atoms. The van der Waals surface area contributed by atoms with Gasteiger partial charge in [0.1, 0.15) is 61.1 Å². The Morgan fingerprint density at radius 2 is 0.859 bits per heavy atom. The number of quaternary nitrogens is 2. The van der Waals surface area contributed by atoms with Crippen LogP contribution >= 0.6 is 35.3 Å². The van der Waals surface area contributed by atoms with E-state index >= 15 is 0 Å². The van der Waals surface area contributed by atoms with Gasteiger partial charge in [-0.05, 0) is 48.2 Å². The molecule has 5 atom stereocenters. The van der Waals surface area contributed by atoms with Gasteiger partial charge in [0.15, 0.2) is 16.7 Å². The quantitative estimate of drug-likeness (QED) is 0.0165. The van der Waals surface area contributed by atoms with Crippen molar-refractivity contribution in [1.29, 1.82) is 0 Å². The van der Waals surface area contributed by atoms with E-state index in [1.54, 1.807) is 72.8 Å². The number of hydrogen-bond acceptors (Lipinski definition) is 19. The lowest BCUT2D eigenvalue weighted by atomic mass is 9.72. The zero-order chi connectivity index (χ0) is 51.3. The van der Waals surface area contributed by atoms with Gasteiger partial charge in [-0.2, -0.15) is 0 Å². The maximum atomic E-state index is 14.3. The zero-order valence-electron chi connectivity index (χ0n) is 38.2. The van der Waals surface area contributed by atoms with E-state index in [9.17, 15) is 70.2 Å². The number of fused-ring (bicyclic) bond motifs is 3. The van der Waals surface area contributed by atoms with Crippen molar-refractivity contribution in [3.05, 3.63) is 72.8 Å². The van der Waals surface area contributed by atoms with Crippen molar-refractivity contribution in [2.75, 3.05) is 84.7 Å². The monoisotopic (exact) mass is 1050 g/mol. The fourth-order valence-corrected chi connectivity index (χ4v) is 14.6. The lowest BCUT2D eigenvalue weighted by Crippen LogP contribution is -2.89. The summed E-state index contributed by atoms with van der Waals surface area (Å²) in [6.45, 7) is -7.86. The van der Waals surface area contributed by atoms with E-state index in [2.05, 4.69) is 15.0 Å². The molecular formula is C46H57N5O17S3+2. The minimum absolute atomic E-state index is 0.0153. The normalized spacial score (nSPS) is 14.7. The molecule has 0 fully saturated rings. The van der Waals surface area contributed by atoms with Crippen LogP contribution < -0.4 is 0 Å². The topological polar surface area (TPSA) is 349 Å². The van der Waals surface area contributed by atoms with Crippen molar-refractivity contribution in [3.8, 4) is 0 Å². The van der Waals surface area contributed by atoms with Crippen molar-refractivity contribution >= 4 is 92.5 Å². The Kier molecular flexibility index (Phi) is 19.3. The van der Waals surface area contributed by atoms with Gasteiger partial charge in [-0.3, -0.25) is 28.1 Å². The molecule has 6 aromatic rings. The third-order valence-electron chi connectivity index (χ3n) is 12.9. The molecule has 22 nitrogen and oxygen atoms in total. The molecule has 6 rings (SSSR count). The van der Waals surface area contributed by atoms with Crippen LogP contribution in [0.2, 0.25) is 0 Å². The molecule has 0 saturated heterocycles. The van der Waals surface area contributed by atoms with Gasteiger partial charge < -0.3 is 64.3 Å². The van der Waals surface area contributed by atoms with Gasteiger partial charge in [0.2, 0.25) is 5.66 Å². The number of aliphatic hydroxyl groups excluding tert-OH is 6. The van der Waals surface area contributed by atoms with E-state index in [4.69, 9.17) is 13.3 Å². The van der Waals surface area contributed by atoms with Gasteiger partial charge in [-0.15, -0.1) is 0 Å². The van der Waals surface area contributed by atoms with Crippen molar-refractivity contribution in [2.24, 2.45) is 17.8 Å². The fourth-order valence-electron chi connectivity index (χ4n) is 10.3. The van der Waals surface area contributed by atoms with E-state index in [0.717, 1.165) is 11.8 Å². The van der Waals surface area contributed by atoms with Gasteiger partial charge in [0, 0.05) is 11.0 Å². The van der Waals surface area contributed by atoms with Gasteiger partial charge >= 0.3 is 23.9 Å². The van der Waals surface area contributed by atoms with Crippen molar-refractivity contribution in [3.63, 3.8) is 0 Å². The Balaban J connectivity index is 1.91. The summed E-state index contributed by atoms with van der Waals surface area (Å²) in [7, 11) is 0. The first kappa shape index (κ1) is 55.0. The second kappa shape index (κ2) is 24.9. The molecule has 3 aromatic carbocycles. The lowest BCUT2D eigenvalue weighted by Gasteiger charge is -2.67. The predicted octanol–water partition coefficient (Wildman–Crippen LogP) is 2.78. The van der Waals surface area contributed by atoms with E-state index in [1.165, 1.54) is 0 Å². The highest BCUT2D eigenvalue weighted by Gasteiger charge is 2.76. The van der Waals surface area contributed by atoms with E-state index < -0.39 is 164 Å². The summed E-state index contributed by atoms with van der Waals surface area (Å²) in [5.74, 6) is -12.8. The summed E-state index contributed by atoms with van der Waals surface area (Å²) in [6.07, 6.45) is -2.25. The Morgan fingerprint density at radius 1 is 0.507 bits per heavy atom. The van der Waals surface area contributed by atoms with Crippen molar-refractivity contribution < 1.29 is 92.5 Å². The smallest absolute Gasteiger partial charge is 0.308 e. The van der Waals surface area contributed by atoms with Crippen molar-refractivity contribution in [2.45, 2.75) is 44.7 Å². The highest BCUT2D eigenvalue weighted by Crippen LogP contribution is 2.57. The maximum Gasteiger partial charge on any atom is 0.308 e. The molecule has 5 unspecified atom stereocenters. The first-order valence-electron chi connectivity index (χ1n) is 22.5. The molecule has 0 saturated carbocycles. The first-order chi connectivity index (χ1) is 34.2. The number of oxazole rings is 3. The summed E-state index contributed by atoms with van der Waals surface area (Å²) in [4.78, 5) is 68.5. The number of para-hydroxylation sites is 6. The first-order valence-corrected chi connectivity index (χ1v) is 25.2. The molecule has 25 heteroatoms. The number of carboxylic acids is 4. The summed E-state index contributed by atoms with van der Waals surface area (Å²) < 4.78 is 16.9. The Morgan fingerprint density at radius 3 is 1.23 bits per heavy atom. The van der Waals surface area contributed by atoms with Crippen LogP contribution in [-0.2, 0) is 19.2 Å². The highest BCUT2D eigenvalue weighted by molar-refractivity contribution is 8.00. The molecule has 3 aromatic heterocycles. The number of aliphatic carboxylic acids is 4. The number of rotatable bonds is 32. The number of aliphatic hydroxyl groups is 6. The summed E-state index contributed by atoms with van der Waals surface area (Å²) in [5, 5.41) is 108. The van der Waals surface area contributed by atoms with E-state index in [1.807, 2.05) is 0 Å². The standard InChI is InChI=1S/C46H55N5O17S3/c52-19-13-50(14-20-53,15-21-54)46(51(16-22-55,17-23-56)18-24-57,40(29(42(64)65)26-38(60)61)71-45-49-33-9-3-6-12-36(33)68-45)30(27-69-43-47-31-7-1-4-10-34(31)66-43)39(28(41(62)63)25-37(58)59)70-44-48-32-8-2-5-11-35(32)67-44/h1-12,28-30,39-40,52-57H,13-27H2,(H2-2,58,59,60,61,62,63,64,65)/p+2. The number of carboxylic acid groups (broad SMARTS) is 4.